The van der Waals surface area contributed by atoms with Crippen LogP contribution in [-0.2, 0) is 6.42 Å². The fourth-order valence-electron chi connectivity index (χ4n) is 5.69. The number of H-pyrrole nitrogens is 2. The molecule has 0 radical (unpaired) electrons. The van der Waals surface area contributed by atoms with Crippen LogP contribution in [0.4, 0.5) is 4.39 Å². The SMILES string of the molecule is C=CC(=N/C(=C\C)c1ccc2[nH]nc(-c3cc4c(-c5cc(F)cc(CCCN(C)C)c5)nccc4[nH]3)c2c1)N1CC(N)C1. The summed E-state index contributed by atoms with van der Waals surface area (Å²) in [5.41, 5.74) is 13.7. The number of aryl methyl sites for hydroxylation is 1. The highest BCUT2D eigenvalue weighted by Crippen LogP contribution is 2.34. The van der Waals surface area contributed by atoms with E-state index in [2.05, 4.69) is 42.6 Å². The number of amidine groups is 1. The topological polar surface area (TPSA) is 102 Å². The molecule has 0 saturated carbocycles. The second-order valence-electron chi connectivity index (χ2n) is 11.4. The minimum absolute atomic E-state index is 0.173. The van der Waals surface area contributed by atoms with Gasteiger partial charge in [-0.2, -0.15) is 5.10 Å². The third-order valence-corrected chi connectivity index (χ3v) is 7.89. The van der Waals surface area contributed by atoms with Crippen molar-refractivity contribution in [2.24, 2.45) is 10.7 Å². The third-order valence-electron chi connectivity index (χ3n) is 7.89. The average molecular weight is 577 g/mol. The van der Waals surface area contributed by atoms with Crippen molar-refractivity contribution in [3.8, 4) is 22.6 Å². The van der Waals surface area contributed by atoms with Crippen LogP contribution in [0.1, 0.15) is 24.5 Å². The summed E-state index contributed by atoms with van der Waals surface area (Å²) in [7, 11) is 4.09. The summed E-state index contributed by atoms with van der Waals surface area (Å²) in [5.74, 6) is 0.563. The number of rotatable bonds is 9. The molecule has 0 aliphatic carbocycles. The number of allylic oxidation sites excluding steroid dienone is 1. The first-order valence-electron chi connectivity index (χ1n) is 14.6. The van der Waals surface area contributed by atoms with Gasteiger partial charge in [-0.1, -0.05) is 18.7 Å². The largest absolute Gasteiger partial charge is 0.353 e. The molecule has 1 fully saturated rings. The highest BCUT2D eigenvalue weighted by molar-refractivity contribution is 6.01. The summed E-state index contributed by atoms with van der Waals surface area (Å²) in [4.78, 5) is 17.4. The van der Waals surface area contributed by atoms with Gasteiger partial charge in [0.15, 0.2) is 0 Å². The van der Waals surface area contributed by atoms with E-state index >= 15 is 0 Å². The number of aromatic amines is 2. The second-order valence-corrected chi connectivity index (χ2v) is 11.4. The molecular weight excluding hydrogens is 539 g/mol. The van der Waals surface area contributed by atoms with Crippen molar-refractivity contribution in [1.82, 2.24) is 30.0 Å². The van der Waals surface area contributed by atoms with Crippen LogP contribution in [0.5, 0.6) is 0 Å². The number of likely N-dealkylation sites (tertiary alicyclic amines) is 1. The van der Waals surface area contributed by atoms with Crippen LogP contribution in [0.3, 0.4) is 0 Å². The van der Waals surface area contributed by atoms with Gasteiger partial charge in [-0.25, -0.2) is 9.38 Å². The molecule has 1 saturated heterocycles. The molecule has 2 aromatic carbocycles. The number of benzene rings is 2. The standard InChI is InChI=1S/C34H37FN8/c1-5-28(39-32(6-2)43-19-25(36)20-43)22-9-10-30-26(17-22)34(41-40-30)31-18-27-29(38-31)11-12-37-33(27)23-14-21(15-24(35)16-23)8-7-13-42(3)4/h5-6,9-12,14-18,25,38H,2,7-8,13,19-20,36H2,1,3-4H3,(H,40,41)/b28-5-,39-32?. The highest BCUT2D eigenvalue weighted by atomic mass is 19.1. The van der Waals surface area contributed by atoms with Crippen molar-refractivity contribution < 1.29 is 4.39 Å². The van der Waals surface area contributed by atoms with Crippen molar-refractivity contribution in [3.05, 3.63) is 90.4 Å². The molecule has 1 aliphatic heterocycles. The number of hydrogen-bond acceptors (Lipinski definition) is 5. The van der Waals surface area contributed by atoms with E-state index < -0.39 is 0 Å². The smallest absolute Gasteiger partial charge is 0.128 e. The minimum atomic E-state index is -0.253. The Morgan fingerprint density at radius 3 is 2.67 bits per heavy atom. The fraction of sp³-hybridized carbons (Fsp3) is 0.265. The van der Waals surface area contributed by atoms with Crippen molar-refractivity contribution in [1.29, 1.82) is 0 Å². The molecule has 9 heteroatoms. The van der Waals surface area contributed by atoms with Gasteiger partial charge in [0.05, 0.1) is 22.6 Å². The van der Waals surface area contributed by atoms with Crippen molar-refractivity contribution >= 4 is 33.3 Å². The lowest BCUT2D eigenvalue weighted by Crippen LogP contribution is -2.57. The summed E-state index contributed by atoms with van der Waals surface area (Å²) < 4.78 is 14.7. The maximum Gasteiger partial charge on any atom is 0.128 e. The van der Waals surface area contributed by atoms with Gasteiger partial charge in [-0.15, -0.1) is 0 Å². The van der Waals surface area contributed by atoms with Gasteiger partial charge < -0.3 is 20.5 Å². The number of aliphatic imine (C=N–C) groups is 1. The quantitative estimate of drug-likeness (QED) is 0.148. The maximum atomic E-state index is 14.7. The number of hydrogen-bond donors (Lipinski definition) is 3. The Hall–Kier alpha value is -4.60. The van der Waals surface area contributed by atoms with Crippen LogP contribution in [-0.4, -0.2) is 75.6 Å². The van der Waals surface area contributed by atoms with Gasteiger partial charge in [0.25, 0.3) is 0 Å². The zero-order chi connectivity index (χ0) is 30.1. The molecule has 43 heavy (non-hydrogen) atoms. The van der Waals surface area contributed by atoms with Crippen LogP contribution >= 0.6 is 0 Å². The predicted octanol–water partition coefficient (Wildman–Crippen LogP) is 5.99. The van der Waals surface area contributed by atoms with Gasteiger partial charge in [0.2, 0.25) is 0 Å². The van der Waals surface area contributed by atoms with Crippen LogP contribution in [0.15, 0.2) is 78.5 Å². The van der Waals surface area contributed by atoms with Crippen LogP contribution in [0.25, 0.3) is 50.1 Å². The number of pyridine rings is 1. The summed E-state index contributed by atoms with van der Waals surface area (Å²) >= 11 is 0. The van der Waals surface area contributed by atoms with Crippen LogP contribution in [0.2, 0.25) is 0 Å². The number of halogens is 1. The van der Waals surface area contributed by atoms with Crippen molar-refractivity contribution in [2.75, 3.05) is 33.7 Å². The molecule has 0 bridgehead atoms. The molecule has 0 amide bonds. The molecule has 4 N–H and O–H groups in total. The lowest BCUT2D eigenvalue weighted by Gasteiger charge is -2.38. The second kappa shape index (κ2) is 11.9. The van der Waals surface area contributed by atoms with E-state index in [9.17, 15) is 4.39 Å². The number of fused-ring (bicyclic) bond motifs is 2. The zero-order valence-electron chi connectivity index (χ0n) is 24.9. The van der Waals surface area contributed by atoms with Gasteiger partial charge in [-0.3, -0.25) is 10.1 Å². The zero-order valence-corrected chi connectivity index (χ0v) is 24.9. The van der Waals surface area contributed by atoms with E-state index in [1.54, 1.807) is 24.4 Å². The van der Waals surface area contributed by atoms with Gasteiger partial charge in [0.1, 0.15) is 17.3 Å². The molecule has 4 heterocycles. The number of aromatic nitrogens is 4. The summed E-state index contributed by atoms with van der Waals surface area (Å²) in [5, 5.41) is 9.71. The van der Waals surface area contributed by atoms with Crippen molar-refractivity contribution in [3.63, 3.8) is 0 Å². The maximum absolute atomic E-state index is 14.7. The Morgan fingerprint density at radius 2 is 1.93 bits per heavy atom. The number of nitrogens with zero attached hydrogens (tertiary/aromatic N) is 5. The third kappa shape index (κ3) is 5.86. The monoisotopic (exact) mass is 576 g/mol. The van der Waals surface area contributed by atoms with E-state index in [0.717, 1.165) is 99.6 Å². The average Bonchev–Trinajstić information content (AvgIpc) is 3.60. The predicted molar refractivity (Wildman–Crippen MR) is 174 cm³/mol. The molecule has 0 atom stereocenters. The molecule has 0 unspecified atom stereocenters. The molecule has 6 rings (SSSR count). The summed E-state index contributed by atoms with van der Waals surface area (Å²) in [6, 6.07) is 15.6. The molecule has 3 aromatic heterocycles. The van der Waals surface area contributed by atoms with Gasteiger partial charge in [0, 0.05) is 52.7 Å². The Bertz CT molecular complexity index is 1860. The van der Waals surface area contributed by atoms with Gasteiger partial charge >= 0.3 is 0 Å². The Kier molecular flexibility index (Phi) is 7.92. The Balaban J connectivity index is 1.36. The molecule has 1 aliphatic rings. The first kappa shape index (κ1) is 28.5. The summed E-state index contributed by atoms with van der Waals surface area (Å²) in [6.45, 7) is 8.44. The van der Waals surface area contributed by atoms with Crippen LogP contribution < -0.4 is 5.73 Å². The minimum Gasteiger partial charge on any atom is -0.353 e. The number of nitrogens with two attached hydrogens (primary N) is 1. The highest BCUT2D eigenvalue weighted by Gasteiger charge is 2.25. The van der Waals surface area contributed by atoms with Crippen molar-refractivity contribution in [2.45, 2.75) is 25.8 Å². The van der Waals surface area contributed by atoms with E-state index in [-0.39, 0.29) is 11.9 Å². The van der Waals surface area contributed by atoms with Crippen LogP contribution in [0, 0.1) is 5.82 Å². The lowest BCUT2D eigenvalue weighted by atomic mass is 10.0. The lowest BCUT2D eigenvalue weighted by molar-refractivity contribution is 0.256. The fourth-order valence-corrected chi connectivity index (χ4v) is 5.69. The molecule has 5 aromatic rings. The van der Waals surface area contributed by atoms with Gasteiger partial charge in [-0.05, 0) is 94.5 Å². The molecule has 8 nitrogen and oxygen atoms in total. The Labute approximate surface area is 250 Å². The molecule has 0 spiro atoms. The van der Waals surface area contributed by atoms with E-state index in [1.807, 2.05) is 57.4 Å². The molecule has 220 valence electrons. The number of nitrogens with one attached hydrogen (secondary N) is 2. The first-order valence-corrected chi connectivity index (χ1v) is 14.6. The van der Waals surface area contributed by atoms with E-state index in [0.29, 0.717) is 0 Å². The Morgan fingerprint density at radius 1 is 1.12 bits per heavy atom. The first-order chi connectivity index (χ1) is 20.8. The molecular formula is C34H37FN8. The van der Waals surface area contributed by atoms with E-state index in [1.165, 1.54) is 0 Å². The summed E-state index contributed by atoms with van der Waals surface area (Å²) in [6.07, 6.45) is 7.29. The van der Waals surface area contributed by atoms with E-state index in [4.69, 9.17) is 10.7 Å². The normalized spacial score (nSPS) is 14.7.